The summed E-state index contributed by atoms with van der Waals surface area (Å²) < 4.78 is 5.32. The number of rotatable bonds is 4. The lowest BCUT2D eigenvalue weighted by Gasteiger charge is -2.34. The van der Waals surface area contributed by atoms with E-state index in [2.05, 4.69) is 19.2 Å². The van der Waals surface area contributed by atoms with E-state index in [1.165, 1.54) is 24.8 Å². The van der Waals surface area contributed by atoms with E-state index < -0.39 is 5.97 Å². The zero-order valence-corrected chi connectivity index (χ0v) is 13.0. The molecule has 1 amide bonds. The first-order valence-electron chi connectivity index (χ1n) is 7.63. The smallest absolute Gasteiger partial charge is 0.405 e. The number of ether oxygens (including phenoxy) is 1. The third-order valence-corrected chi connectivity index (χ3v) is 4.42. The molecule has 1 heterocycles. The summed E-state index contributed by atoms with van der Waals surface area (Å²) in [5.41, 5.74) is -0.130. The molecule has 6 heteroatoms. The first-order valence-corrected chi connectivity index (χ1v) is 7.63. The highest BCUT2D eigenvalue weighted by Gasteiger charge is 2.28. The van der Waals surface area contributed by atoms with E-state index >= 15 is 0 Å². The predicted octanol–water partition coefficient (Wildman–Crippen LogP) is 1.42. The number of hydrogen-bond acceptors (Lipinski definition) is 4. The van der Waals surface area contributed by atoms with Gasteiger partial charge in [-0.25, -0.2) is 4.79 Å². The van der Waals surface area contributed by atoms with E-state index in [9.17, 15) is 14.8 Å². The van der Waals surface area contributed by atoms with Gasteiger partial charge in [0.15, 0.2) is 12.8 Å². The van der Waals surface area contributed by atoms with E-state index in [1.54, 1.807) is 6.07 Å². The first-order chi connectivity index (χ1) is 10.5. The molecule has 1 fully saturated rings. The summed E-state index contributed by atoms with van der Waals surface area (Å²) in [6.45, 7) is 3.95. The van der Waals surface area contributed by atoms with Crippen LogP contribution in [-0.4, -0.2) is 24.5 Å². The highest BCUT2D eigenvalue weighted by atomic mass is 16.5. The SMILES string of the molecule is C[C@H]1[C@@H](NC(=O)COC(=O)c2cccc[n+]2[O-])CCC[C@@H]1C. The fraction of sp³-hybridized carbons (Fsp3) is 0.562. The standard InChI is InChI=1S/C16H22N2O4/c1-11-6-5-7-13(12(11)2)17-15(19)10-22-16(20)14-8-3-4-9-18(14)21/h3-4,8-9,11-13H,5-7,10H2,1-2H3,(H,17,19)/t11-,12+,13-/m0/s1. The van der Waals surface area contributed by atoms with Crippen LogP contribution in [0.1, 0.15) is 43.6 Å². The van der Waals surface area contributed by atoms with Crippen molar-refractivity contribution in [3.8, 4) is 0 Å². The molecule has 1 aliphatic rings. The molecule has 1 N–H and O–H groups in total. The minimum Gasteiger partial charge on any atom is -0.618 e. The Morgan fingerprint density at radius 2 is 2.14 bits per heavy atom. The average Bonchev–Trinajstić information content (AvgIpc) is 2.50. The summed E-state index contributed by atoms with van der Waals surface area (Å²) in [4.78, 5) is 23.7. The van der Waals surface area contributed by atoms with Crippen LogP contribution in [0.4, 0.5) is 0 Å². The molecule has 1 saturated carbocycles. The molecule has 6 nitrogen and oxygen atoms in total. The molecule has 2 rings (SSSR count). The molecular weight excluding hydrogens is 284 g/mol. The van der Waals surface area contributed by atoms with Gasteiger partial charge in [-0.3, -0.25) is 4.79 Å². The number of carbonyl (C=O) groups is 2. The lowest BCUT2D eigenvalue weighted by Crippen LogP contribution is -2.45. The van der Waals surface area contributed by atoms with Crippen LogP contribution in [-0.2, 0) is 9.53 Å². The maximum absolute atomic E-state index is 11.9. The van der Waals surface area contributed by atoms with Crippen molar-refractivity contribution in [1.82, 2.24) is 5.32 Å². The van der Waals surface area contributed by atoms with E-state index in [4.69, 9.17) is 4.74 Å². The number of pyridine rings is 1. The Kier molecular flexibility index (Phi) is 5.35. The van der Waals surface area contributed by atoms with Crippen LogP contribution in [0.2, 0.25) is 0 Å². The van der Waals surface area contributed by atoms with E-state index in [-0.39, 0.29) is 24.2 Å². The number of carbonyl (C=O) groups excluding carboxylic acids is 2. The van der Waals surface area contributed by atoms with Gasteiger partial charge in [0.05, 0.1) is 0 Å². The molecule has 22 heavy (non-hydrogen) atoms. The Bertz CT molecular complexity index is 547. The minimum atomic E-state index is -0.796. The van der Waals surface area contributed by atoms with Gasteiger partial charge in [0, 0.05) is 18.2 Å². The molecule has 0 aromatic carbocycles. The van der Waals surface area contributed by atoms with Gasteiger partial charge in [0.1, 0.15) is 0 Å². The molecule has 0 aliphatic heterocycles. The molecule has 120 valence electrons. The van der Waals surface area contributed by atoms with Crippen molar-refractivity contribution in [3.05, 3.63) is 35.3 Å². The monoisotopic (exact) mass is 306 g/mol. The third kappa shape index (κ3) is 3.96. The van der Waals surface area contributed by atoms with Crippen molar-refractivity contribution in [2.45, 2.75) is 39.2 Å². The van der Waals surface area contributed by atoms with Gasteiger partial charge in [0.25, 0.3) is 5.91 Å². The summed E-state index contributed by atoms with van der Waals surface area (Å²) >= 11 is 0. The van der Waals surface area contributed by atoms with Gasteiger partial charge in [-0.05, 0) is 24.3 Å². The molecule has 0 saturated heterocycles. The number of esters is 1. The van der Waals surface area contributed by atoms with Gasteiger partial charge >= 0.3 is 11.7 Å². The highest BCUT2D eigenvalue weighted by molar-refractivity contribution is 5.88. The van der Waals surface area contributed by atoms with E-state index in [0.717, 1.165) is 12.8 Å². The predicted molar refractivity (Wildman–Crippen MR) is 79.8 cm³/mol. The minimum absolute atomic E-state index is 0.121. The second-order valence-electron chi connectivity index (χ2n) is 5.93. The number of nitrogens with one attached hydrogen (secondary N) is 1. The molecule has 0 bridgehead atoms. The normalized spacial score (nSPS) is 24.5. The average molecular weight is 306 g/mol. The number of aromatic nitrogens is 1. The van der Waals surface area contributed by atoms with Crippen LogP contribution in [0.15, 0.2) is 24.4 Å². The van der Waals surface area contributed by atoms with Crippen molar-refractivity contribution in [3.63, 3.8) is 0 Å². The van der Waals surface area contributed by atoms with Crippen molar-refractivity contribution in [2.75, 3.05) is 6.61 Å². The quantitative estimate of drug-likeness (QED) is 0.518. The maximum atomic E-state index is 11.9. The van der Waals surface area contributed by atoms with E-state index in [1.807, 2.05) is 0 Å². The van der Waals surface area contributed by atoms with Crippen LogP contribution in [0.3, 0.4) is 0 Å². The Labute approximate surface area is 130 Å². The Hall–Kier alpha value is -2.11. The first kappa shape index (κ1) is 16.3. The van der Waals surface area contributed by atoms with E-state index in [0.29, 0.717) is 16.6 Å². The summed E-state index contributed by atoms with van der Waals surface area (Å²) in [6, 6.07) is 4.56. The summed E-state index contributed by atoms with van der Waals surface area (Å²) in [7, 11) is 0. The largest absolute Gasteiger partial charge is 0.618 e. The van der Waals surface area contributed by atoms with Gasteiger partial charge in [-0.1, -0.05) is 26.7 Å². The number of hydrogen-bond donors (Lipinski definition) is 1. The molecule has 0 radical (unpaired) electrons. The fourth-order valence-corrected chi connectivity index (χ4v) is 2.83. The number of nitrogens with zero attached hydrogens (tertiary/aromatic N) is 1. The molecule has 1 aliphatic carbocycles. The van der Waals surface area contributed by atoms with Crippen LogP contribution in [0.25, 0.3) is 0 Å². The summed E-state index contributed by atoms with van der Waals surface area (Å²) in [6.07, 6.45) is 4.43. The Balaban J connectivity index is 1.83. The molecule has 0 spiro atoms. The molecule has 1 aromatic heterocycles. The van der Waals surface area contributed by atoms with Crippen LogP contribution in [0, 0.1) is 17.0 Å². The second kappa shape index (κ2) is 7.24. The van der Waals surface area contributed by atoms with Crippen molar-refractivity contribution >= 4 is 11.9 Å². The Morgan fingerprint density at radius 3 is 2.86 bits per heavy atom. The zero-order chi connectivity index (χ0) is 16.1. The van der Waals surface area contributed by atoms with Crippen molar-refractivity contribution < 1.29 is 19.1 Å². The van der Waals surface area contributed by atoms with Crippen LogP contribution >= 0.6 is 0 Å². The summed E-state index contributed by atoms with van der Waals surface area (Å²) in [5.74, 6) is -0.139. The molecule has 1 aromatic rings. The summed E-state index contributed by atoms with van der Waals surface area (Å²) in [5, 5.41) is 14.3. The fourth-order valence-electron chi connectivity index (χ4n) is 2.83. The van der Waals surface area contributed by atoms with Gasteiger partial charge < -0.3 is 15.3 Å². The van der Waals surface area contributed by atoms with Crippen molar-refractivity contribution in [1.29, 1.82) is 0 Å². The second-order valence-corrected chi connectivity index (χ2v) is 5.93. The van der Waals surface area contributed by atoms with Gasteiger partial charge in [-0.15, -0.1) is 0 Å². The lowest BCUT2D eigenvalue weighted by atomic mass is 9.78. The zero-order valence-electron chi connectivity index (χ0n) is 13.0. The number of amides is 1. The lowest BCUT2D eigenvalue weighted by molar-refractivity contribution is -0.608. The maximum Gasteiger partial charge on any atom is 0.405 e. The van der Waals surface area contributed by atoms with Gasteiger partial charge in [0.2, 0.25) is 0 Å². The topological polar surface area (TPSA) is 82.3 Å². The van der Waals surface area contributed by atoms with Crippen LogP contribution in [0.5, 0.6) is 0 Å². The molecule has 3 atom stereocenters. The molecule has 0 unspecified atom stereocenters. The highest BCUT2D eigenvalue weighted by Crippen LogP contribution is 2.29. The van der Waals surface area contributed by atoms with Crippen LogP contribution < -0.4 is 10.0 Å². The van der Waals surface area contributed by atoms with Crippen molar-refractivity contribution in [2.24, 2.45) is 11.8 Å². The Morgan fingerprint density at radius 1 is 1.36 bits per heavy atom. The van der Waals surface area contributed by atoms with Gasteiger partial charge in [-0.2, -0.15) is 4.73 Å². The third-order valence-electron chi connectivity index (χ3n) is 4.42. The molecular formula is C16H22N2O4.